The topological polar surface area (TPSA) is 90.4 Å². The van der Waals surface area contributed by atoms with Crippen LogP contribution in [0.25, 0.3) is 0 Å². The van der Waals surface area contributed by atoms with Gasteiger partial charge in [-0.05, 0) is 55.7 Å². The molecule has 3 heterocycles. The lowest BCUT2D eigenvalue weighted by molar-refractivity contribution is -0.141. The standard InChI is InChI=1S/C33H39N3O5S/c1-6-17-34(23-11-9-8-10-12-23)30(38)27-26-19-21(3)33(42-26)28(27)31(39)36(22(4)20-37)29(33)32(40)35(18-7-2)24-13-15-25(41-5)16-14-24/h6-16,21-22,26-29,37H,1-2,17-20H2,3-5H3/t21?,22-,26-,27+,28+,29?,33?/m1/s1. The number of thioether (sulfide) groups is 1. The lowest BCUT2D eigenvalue weighted by atomic mass is 9.65. The maximum atomic E-state index is 14.7. The van der Waals surface area contributed by atoms with Crippen molar-refractivity contribution in [3.63, 3.8) is 0 Å². The molecule has 1 N–H and O–H groups in total. The number of aliphatic hydroxyl groups excluding tert-OH is 1. The normalized spacial score (nSPS) is 28.2. The third-order valence-electron chi connectivity index (χ3n) is 9.05. The van der Waals surface area contributed by atoms with Crippen LogP contribution in [0.4, 0.5) is 11.4 Å². The zero-order valence-corrected chi connectivity index (χ0v) is 25.2. The van der Waals surface area contributed by atoms with Crippen LogP contribution in [0.2, 0.25) is 0 Å². The minimum absolute atomic E-state index is 0.00127. The maximum Gasteiger partial charge on any atom is 0.251 e. The smallest absolute Gasteiger partial charge is 0.251 e. The molecule has 2 aromatic rings. The van der Waals surface area contributed by atoms with Gasteiger partial charge in [-0.2, -0.15) is 0 Å². The largest absolute Gasteiger partial charge is 0.497 e. The Morgan fingerprint density at radius 3 is 2.24 bits per heavy atom. The number of methoxy groups -OCH3 is 1. The minimum Gasteiger partial charge on any atom is -0.497 e. The number of carbonyl (C=O) groups is 3. The van der Waals surface area contributed by atoms with E-state index in [1.807, 2.05) is 42.5 Å². The zero-order chi connectivity index (χ0) is 30.2. The summed E-state index contributed by atoms with van der Waals surface area (Å²) >= 11 is 1.62. The molecule has 3 amide bonds. The molecule has 42 heavy (non-hydrogen) atoms. The summed E-state index contributed by atoms with van der Waals surface area (Å²) in [5, 5.41) is 10.2. The number of benzene rings is 2. The first-order valence-corrected chi connectivity index (χ1v) is 15.3. The van der Waals surface area contributed by atoms with Crippen LogP contribution in [-0.2, 0) is 14.4 Å². The molecular formula is C33H39N3O5S. The second-order valence-electron chi connectivity index (χ2n) is 11.3. The van der Waals surface area contributed by atoms with Crippen LogP contribution in [0.5, 0.6) is 5.75 Å². The molecule has 1 spiro atoms. The summed E-state index contributed by atoms with van der Waals surface area (Å²) in [6.07, 6.45) is 4.07. The molecule has 3 aliphatic rings. The van der Waals surface area contributed by atoms with E-state index in [0.29, 0.717) is 18.0 Å². The second kappa shape index (κ2) is 12.0. The molecule has 2 aromatic carbocycles. The molecule has 7 atom stereocenters. The number of rotatable bonds is 11. The SMILES string of the molecule is C=CCN(C(=O)C1N([C@H](C)CO)C(=O)[C@@H]2[C@@H](C(=O)N(CC=C)c3ccccc3)[C@H]3CC(C)C12S3)c1ccc(OC)cc1. The van der Waals surface area contributed by atoms with Gasteiger partial charge in [-0.1, -0.05) is 37.3 Å². The zero-order valence-electron chi connectivity index (χ0n) is 24.4. The van der Waals surface area contributed by atoms with Gasteiger partial charge in [-0.15, -0.1) is 24.9 Å². The number of likely N-dealkylation sites (tertiary alicyclic amines) is 1. The summed E-state index contributed by atoms with van der Waals surface area (Å²) in [5.74, 6) is -1.24. The number of amides is 3. The minimum atomic E-state index is -0.855. The van der Waals surface area contributed by atoms with Gasteiger partial charge in [0, 0.05) is 29.7 Å². The first-order chi connectivity index (χ1) is 20.2. The van der Waals surface area contributed by atoms with E-state index in [1.165, 1.54) is 0 Å². The molecular weight excluding hydrogens is 550 g/mol. The molecule has 0 aliphatic carbocycles. The molecule has 3 fully saturated rings. The highest BCUT2D eigenvalue weighted by Gasteiger charge is 2.76. The second-order valence-corrected chi connectivity index (χ2v) is 12.9. The summed E-state index contributed by atoms with van der Waals surface area (Å²) in [4.78, 5) is 48.5. The molecule has 0 radical (unpaired) electrons. The molecule has 222 valence electrons. The monoisotopic (exact) mass is 589 g/mol. The number of fused-ring (bicyclic) bond motifs is 1. The van der Waals surface area contributed by atoms with Gasteiger partial charge >= 0.3 is 0 Å². The van der Waals surface area contributed by atoms with Crippen molar-refractivity contribution in [3.8, 4) is 5.75 Å². The number of carbonyl (C=O) groups excluding carboxylic acids is 3. The fourth-order valence-corrected chi connectivity index (χ4v) is 9.58. The van der Waals surface area contributed by atoms with Crippen molar-refractivity contribution in [1.82, 2.24) is 4.90 Å². The van der Waals surface area contributed by atoms with E-state index in [2.05, 4.69) is 20.1 Å². The van der Waals surface area contributed by atoms with E-state index in [-0.39, 0.29) is 42.0 Å². The molecule has 2 bridgehead atoms. The number of aliphatic hydroxyl groups is 1. The van der Waals surface area contributed by atoms with Crippen LogP contribution in [0.3, 0.4) is 0 Å². The molecule has 9 heteroatoms. The lowest BCUT2D eigenvalue weighted by Crippen LogP contribution is -2.59. The summed E-state index contributed by atoms with van der Waals surface area (Å²) in [6.45, 7) is 11.8. The molecule has 3 saturated heterocycles. The van der Waals surface area contributed by atoms with E-state index < -0.39 is 28.7 Å². The van der Waals surface area contributed by atoms with Crippen LogP contribution in [-0.4, -0.2) is 76.6 Å². The molecule has 5 rings (SSSR count). The maximum absolute atomic E-state index is 14.7. The third-order valence-corrected chi connectivity index (χ3v) is 11.1. The van der Waals surface area contributed by atoms with Gasteiger partial charge in [0.2, 0.25) is 11.8 Å². The highest BCUT2D eigenvalue weighted by Crippen LogP contribution is 2.69. The van der Waals surface area contributed by atoms with Crippen molar-refractivity contribution in [3.05, 3.63) is 79.9 Å². The van der Waals surface area contributed by atoms with Crippen LogP contribution < -0.4 is 14.5 Å². The van der Waals surface area contributed by atoms with Crippen LogP contribution >= 0.6 is 11.8 Å². The van der Waals surface area contributed by atoms with Gasteiger partial charge in [0.25, 0.3) is 5.91 Å². The summed E-state index contributed by atoms with van der Waals surface area (Å²) in [5.41, 5.74) is 1.40. The lowest BCUT2D eigenvalue weighted by Gasteiger charge is -2.41. The number of nitrogens with zero attached hydrogens (tertiary/aromatic N) is 3. The van der Waals surface area contributed by atoms with Crippen LogP contribution in [0, 0.1) is 17.8 Å². The summed E-state index contributed by atoms with van der Waals surface area (Å²) in [6, 6.07) is 15.2. The van der Waals surface area contributed by atoms with Gasteiger partial charge in [0.1, 0.15) is 11.8 Å². The van der Waals surface area contributed by atoms with E-state index in [4.69, 9.17) is 4.74 Å². The van der Waals surface area contributed by atoms with Crippen molar-refractivity contribution in [1.29, 1.82) is 0 Å². The van der Waals surface area contributed by atoms with E-state index in [9.17, 15) is 19.5 Å². The molecule has 3 aliphatic heterocycles. The van der Waals surface area contributed by atoms with Gasteiger partial charge in [-0.3, -0.25) is 14.4 Å². The van der Waals surface area contributed by atoms with Crippen molar-refractivity contribution in [2.24, 2.45) is 17.8 Å². The highest BCUT2D eigenvalue weighted by molar-refractivity contribution is 8.02. The van der Waals surface area contributed by atoms with Crippen LogP contribution in [0.15, 0.2) is 79.9 Å². The number of ether oxygens (including phenoxy) is 1. The summed E-state index contributed by atoms with van der Waals surface area (Å²) < 4.78 is 4.49. The van der Waals surface area contributed by atoms with Crippen molar-refractivity contribution >= 4 is 40.9 Å². The van der Waals surface area contributed by atoms with Gasteiger partial charge < -0.3 is 24.5 Å². The Balaban J connectivity index is 1.59. The van der Waals surface area contributed by atoms with Gasteiger partial charge in [0.15, 0.2) is 0 Å². The highest BCUT2D eigenvalue weighted by atomic mass is 32.2. The Bertz CT molecular complexity index is 1350. The molecule has 0 saturated carbocycles. The summed E-state index contributed by atoms with van der Waals surface area (Å²) in [7, 11) is 1.58. The molecule has 8 nitrogen and oxygen atoms in total. The Hall–Kier alpha value is -3.56. The predicted molar refractivity (Wildman–Crippen MR) is 167 cm³/mol. The molecule has 0 aromatic heterocycles. The van der Waals surface area contributed by atoms with Gasteiger partial charge in [0.05, 0.1) is 36.3 Å². The Morgan fingerprint density at radius 2 is 1.67 bits per heavy atom. The number of para-hydroxylation sites is 1. The third kappa shape index (κ3) is 4.63. The van der Waals surface area contributed by atoms with Crippen molar-refractivity contribution in [2.45, 2.75) is 42.3 Å². The van der Waals surface area contributed by atoms with Crippen LogP contribution in [0.1, 0.15) is 20.3 Å². The van der Waals surface area contributed by atoms with E-state index in [1.54, 1.807) is 64.8 Å². The van der Waals surface area contributed by atoms with Gasteiger partial charge in [-0.25, -0.2) is 0 Å². The fourth-order valence-electron chi connectivity index (χ4n) is 7.18. The van der Waals surface area contributed by atoms with Crippen molar-refractivity contribution < 1.29 is 24.2 Å². The number of hydrogen-bond donors (Lipinski definition) is 1. The number of anilines is 2. The quantitative estimate of drug-likeness (QED) is 0.396. The first-order valence-electron chi connectivity index (χ1n) is 14.4. The average molecular weight is 590 g/mol. The number of hydrogen-bond acceptors (Lipinski definition) is 6. The van der Waals surface area contributed by atoms with Crippen molar-refractivity contribution in [2.75, 3.05) is 36.6 Å². The molecule has 3 unspecified atom stereocenters. The average Bonchev–Trinajstić information content (AvgIpc) is 3.61. The fraction of sp³-hybridized carbons (Fsp3) is 0.424. The van der Waals surface area contributed by atoms with E-state index in [0.717, 1.165) is 12.1 Å². The Labute approximate surface area is 252 Å². The Morgan fingerprint density at radius 1 is 1.07 bits per heavy atom. The van der Waals surface area contributed by atoms with E-state index >= 15 is 0 Å². The Kier molecular flexibility index (Phi) is 8.53. The predicted octanol–water partition coefficient (Wildman–Crippen LogP) is 4.15. The first kappa shape index (κ1) is 29.9.